The quantitative estimate of drug-likeness (QED) is 0.119. The molecule has 0 N–H and O–H groups in total. The maximum absolute atomic E-state index is 12.2. The monoisotopic (exact) mass is 488 g/mol. The molecule has 0 saturated heterocycles. The Morgan fingerprint density at radius 3 is 1.27 bits per heavy atom. The van der Waals surface area contributed by atoms with E-state index in [1.54, 1.807) is 48.6 Å². The zero-order valence-corrected chi connectivity index (χ0v) is 20.5. The summed E-state index contributed by atoms with van der Waals surface area (Å²) in [5.74, 6) is 1.50. The van der Waals surface area contributed by atoms with Crippen molar-refractivity contribution in [2.24, 2.45) is 0 Å². The second kappa shape index (κ2) is 13.4. The molecule has 0 aliphatic heterocycles. The van der Waals surface area contributed by atoms with Crippen LogP contribution in [0.4, 0.5) is 0 Å². The van der Waals surface area contributed by atoms with Gasteiger partial charge in [-0.2, -0.15) is 0 Å². The number of hydrogen-bond donors (Lipinski definition) is 0. The Kier molecular flexibility index (Phi) is 9.20. The summed E-state index contributed by atoms with van der Waals surface area (Å²) in [5, 5.41) is 0. The Morgan fingerprint density at radius 2 is 0.892 bits per heavy atom. The number of benzene rings is 4. The molecule has 0 aliphatic rings. The van der Waals surface area contributed by atoms with Gasteiger partial charge in [0, 0.05) is 17.5 Å². The molecule has 184 valence electrons. The van der Waals surface area contributed by atoms with Crippen LogP contribution in [0.1, 0.15) is 38.3 Å². The lowest BCUT2D eigenvalue weighted by Crippen LogP contribution is -2.05. The minimum absolute atomic E-state index is 0.0230. The van der Waals surface area contributed by atoms with Crippen molar-refractivity contribution in [2.45, 2.75) is 6.42 Å². The topological polar surface area (TPSA) is 52.6 Å². The summed E-state index contributed by atoms with van der Waals surface area (Å²) in [4.78, 5) is 24.3. The summed E-state index contributed by atoms with van der Waals surface area (Å²) in [6, 6.07) is 33.6. The summed E-state index contributed by atoms with van der Waals surface area (Å²) in [7, 11) is 0. The molecule has 4 aromatic rings. The average molecular weight is 489 g/mol. The largest absolute Gasteiger partial charge is 0.493 e. The molecule has 0 radical (unpaired) electrons. The Bertz CT molecular complexity index is 1230. The smallest absolute Gasteiger partial charge is 0.185 e. The minimum Gasteiger partial charge on any atom is -0.493 e. The molecule has 0 amide bonds. The van der Waals surface area contributed by atoms with Gasteiger partial charge in [0.05, 0.1) is 13.2 Å². The van der Waals surface area contributed by atoms with Crippen molar-refractivity contribution in [3.05, 3.63) is 144 Å². The van der Waals surface area contributed by atoms with E-state index in [4.69, 9.17) is 9.47 Å². The van der Waals surface area contributed by atoms with Gasteiger partial charge in [-0.3, -0.25) is 9.59 Å². The minimum atomic E-state index is -0.0230. The van der Waals surface area contributed by atoms with E-state index >= 15 is 0 Å². The molecule has 4 rings (SSSR count). The Hall–Kier alpha value is -4.70. The fraction of sp³-hybridized carbons (Fsp3) is 0.0909. The Balaban J connectivity index is 1.15. The highest BCUT2D eigenvalue weighted by Crippen LogP contribution is 2.16. The van der Waals surface area contributed by atoms with Crippen LogP contribution in [0.15, 0.2) is 121 Å². The van der Waals surface area contributed by atoms with Crippen LogP contribution < -0.4 is 9.47 Å². The predicted molar refractivity (Wildman–Crippen MR) is 148 cm³/mol. The van der Waals surface area contributed by atoms with Gasteiger partial charge < -0.3 is 9.47 Å². The molecule has 0 heterocycles. The maximum atomic E-state index is 12.2. The molecule has 0 atom stereocenters. The van der Waals surface area contributed by atoms with Crippen molar-refractivity contribution in [1.82, 2.24) is 0 Å². The maximum Gasteiger partial charge on any atom is 0.185 e. The first-order chi connectivity index (χ1) is 18.2. The number of carbonyl (C=O) groups excluding carboxylic acids is 2. The molecule has 0 aromatic heterocycles. The zero-order chi connectivity index (χ0) is 25.7. The third kappa shape index (κ3) is 8.18. The van der Waals surface area contributed by atoms with Crippen molar-refractivity contribution in [2.75, 3.05) is 13.2 Å². The van der Waals surface area contributed by atoms with Crippen molar-refractivity contribution in [3.63, 3.8) is 0 Å². The Labute approximate surface area is 217 Å². The van der Waals surface area contributed by atoms with Gasteiger partial charge in [0.25, 0.3) is 0 Å². The van der Waals surface area contributed by atoms with Crippen LogP contribution in [0.5, 0.6) is 11.5 Å². The van der Waals surface area contributed by atoms with Gasteiger partial charge in [0.15, 0.2) is 11.6 Å². The molecule has 0 spiro atoms. The van der Waals surface area contributed by atoms with Crippen LogP contribution in [-0.4, -0.2) is 24.8 Å². The first-order valence-electron chi connectivity index (χ1n) is 12.2. The molecule has 0 unspecified atom stereocenters. The highest BCUT2D eigenvalue weighted by atomic mass is 16.5. The fourth-order valence-electron chi connectivity index (χ4n) is 3.53. The van der Waals surface area contributed by atoms with Crippen LogP contribution in [0.2, 0.25) is 0 Å². The van der Waals surface area contributed by atoms with Gasteiger partial charge in [0.2, 0.25) is 0 Å². The van der Waals surface area contributed by atoms with E-state index in [2.05, 4.69) is 0 Å². The lowest BCUT2D eigenvalue weighted by atomic mass is 10.1. The van der Waals surface area contributed by atoms with Crippen molar-refractivity contribution >= 4 is 23.7 Å². The zero-order valence-electron chi connectivity index (χ0n) is 20.5. The highest BCUT2D eigenvalue weighted by molar-refractivity contribution is 6.07. The van der Waals surface area contributed by atoms with E-state index < -0.39 is 0 Å². The van der Waals surface area contributed by atoms with Crippen LogP contribution in [0, 0.1) is 0 Å². The molecule has 37 heavy (non-hydrogen) atoms. The van der Waals surface area contributed by atoms with Gasteiger partial charge in [-0.15, -0.1) is 0 Å². The van der Waals surface area contributed by atoms with Gasteiger partial charge in [-0.05, 0) is 47.5 Å². The highest BCUT2D eigenvalue weighted by Gasteiger charge is 2.01. The molecule has 0 saturated carbocycles. The number of carbonyl (C=O) groups is 2. The lowest BCUT2D eigenvalue weighted by molar-refractivity contribution is 0.103. The van der Waals surface area contributed by atoms with Crippen molar-refractivity contribution < 1.29 is 19.1 Å². The summed E-state index contributed by atoms with van der Waals surface area (Å²) in [5.41, 5.74) is 3.21. The molecule has 0 fully saturated rings. The normalized spacial score (nSPS) is 11.0. The van der Waals surface area contributed by atoms with Crippen LogP contribution in [-0.2, 0) is 0 Å². The first kappa shape index (κ1) is 25.4. The summed E-state index contributed by atoms with van der Waals surface area (Å²) >= 11 is 0. The number of rotatable bonds is 12. The molecule has 4 aromatic carbocycles. The number of hydrogen-bond acceptors (Lipinski definition) is 4. The van der Waals surface area contributed by atoms with E-state index in [-0.39, 0.29) is 11.6 Å². The third-order valence-electron chi connectivity index (χ3n) is 5.56. The summed E-state index contributed by atoms with van der Waals surface area (Å²) in [6.45, 7) is 1.06. The van der Waals surface area contributed by atoms with E-state index in [9.17, 15) is 9.59 Å². The van der Waals surface area contributed by atoms with Gasteiger partial charge in [-0.25, -0.2) is 0 Å². The van der Waals surface area contributed by atoms with Crippen LogP contribution in [0.3, 0.4) is 0 Å². The fourth-order valence-corrected chi connectivity index (χ4v) is 3.53. The van der Waals surface area contributed by atoms with E-state index in [0.717, 1.165) is 29.0 Å². The van der Waals surface area contributed by atoms with E-state index in [1.165, 1.54) is 0 Å². The summed E-state index contributed by atoms with van der Waals surface area (Å²) < 4.78 is 11.6. The number of allylic oxidation sites excluding steroid dienone is 2. The van der Waals surface area contributed by atoms with E-state index in [1.807, 2.05) is 84.9 Å². The van der Waals surface area contributed by atoms with Gasteiger partial charge >= 0.3 is 0 Å². The van der Waals surface area contributed by atoms with Gasteiger partial charge in [-0.1, -0.05) is 97.1 Å². The van der Waals surface area contributed by atoms with Crippen LogP contribution in [0.25, 0.3) is 12.2 Å². The summed E-state index contributed by atoms with van der Waals surface area (Å²) in [6.07, 6.45) is 7.50. The predicted octanol–water partition coefficient (Wildman–Crippen LogP) is 7.33. The average Bonchev–Trinajstić information content (AvgIpc) is 2.96. The standard InChI is InChI=1S/C33H28O4/c34-32(28-8-3-1-4-9-28)22-16-26-12-18-30(19-13-26)36-24-7-25-37-31-20-14-27(15-21-31)17-23-33(35)29-10-5-2-6-11-29/h1-6,8-23H,7,24-25H2/b22-16-,23-17+. The number of ketones is 2. The molecule has 0 bridgehead atoms. The van der Waals surface area contributed by atoms with Gasteiger partial charge in [0.1, 0.15) is 11.5 Å². The first-order valence-corrected chi connectivity index (χ1v) is 12.2. The van der Waals surface area contributed by atoms with Crippen molar-refractivity contribution in [3.8, 4) is 11.5 Å². The van der Waals surface area contributed by atoms with Crippen molar-refractivity contribution in [1.29, 1.82) is 0 Å². The second-order valence-corrected chi connectivity index (χ2v) is 8.32. The lowest BCUT2D eigenvalue weighted by Gasteiger charge is -2.08. The molecule has 0 aliphatic carbocycles. The van der Waals surface area contributed by atoms with E-state index in [0.29, 0.717) is 24.3 Å². The second-order valence-electron chi connectivity index (χ2n) is 8.32. The number of ether oxygens (including phenoxy) is 2. The third-order valence-corrected chi connectivity index (χ3v) is 5.56. The van der Waals surface area contributed by atoms with Crippen LogP contribution >= 0.6 is 0 Å². The SMILES string of the molecule is O=C(/C=C\c1ccc(OCCCOc2ccc(/C=C/C(=O)c3ccccc3)cc2)cc1)c1ccccc1. The Morgan fingerprint density at radius 1 is 0.514 bits per heavy atom. The molecule has 4 nitrogen and oxygen atoms in total. The molecular weight excluding hydrogens is 460 g/mol. The molecule has 4 heteroatoms. The molecular formula is C33H28O4.